The zero-order chi connectivity index (χ0) is 23.1. The third-order valence-corrected chi connectivity index (χ3v) is 6.97. The van der Waals surface area contributed by atoms with Crippen LogP contribution in [0.3, 0.4) is 0 Å². The molecule has 0 bridgehead atoms. The van der Waals surface area contributed by atoms with Gasteiger partial charge in [-0.05, 0) is 37.0 Å². The average molecular weight is 453 g/mol. The maximum absolute atomic E-state index is 14.2. The molecule has 1 spiro atoms. The Morgan fingerprint density at radius 3 is 2.55 bits per heavy atom. The van der Waals surface area contributed by atoms with Gasteiger partial charge in [-0.1, -0.05) is 49.6 Å². The van der Waals surface area contributed by atoms with Gasteiger partial charge in [-0.3, -0.25) is 14.5 Å². The molecule has 1 aromatic heterocycles. The molecule has 7 heteroatoms. The predicted octanol–water partition coefficient (Wildman–Crippen LogP) is 3.78. The standard InChI is InChI=1S/C26H33FN4O2/c27-22-11-7-14-29-24(22)25(33)30-16-8-17-31(20-21-9-3-1-4-10-21)26(12-5-2-6-13-26)19-23(32)28-15-18-30/h1,3-4,7,9-11,14H,2,5-6,8,12-13,15-20H2,(H,28,32). The minimum Gasteiger partial charge on any atom is -0.354 e. The van der Waals surface area contributed by atoms with Crippen molar-refractivity contribution in [3.8, 4) is 0 Å². The van der Waals surface area contributed by atoms with Gasteiger partial charge >= 0.3 is 0 Å². The van der Waals surface area contributed by atoms with Gasteiger partial charge in [-0.15, -0.1) is 0 Å². The van der Waals surface area contributed by atoms with E-state index < -0.39 is 11.7 Å². The molecule has 1 saturated carbocycles. The molecular weight excluding hydrogens is 419 g/mol. The van der Waals surface area contributed by atoms with E-state index in [-0.39, 0.29) is 17.1 Å². The summed E-state index contributed by atoms with van der Waals surface area (Å²) in [6.07, 6.45) is 8.14. The highest BCUT2D eigenvalue weighted by Gasteiger charge is 2.40. The van der Waals surface area contributed by atoms with E-state index >= 15 is 0 Å². The molecule has 0 radical (unpaired) electrons. The number of hydrogen-bond donors (Lipinski definition) is 1. The molecule has 0 unspecified atom stereocenters. The summed E-state index contributed by atoms with van der Waals surface area (Å²) in [5, 5.41) is 3.01. The first-order valence-corrected chi connectivity index (χ1v) is 12.0. The van der Waals surface area contributed by atoms with Crippen LogP contribution in [0.5, 0.6) is 0 Å². The number of carbonyl (C=O) groups excluding carboxylic acids is 2. The van der Waals surface area contributed by atoms with Crippen molar-refractivity contribution in [1.29, 1.82) is 0 Å². The molecule has 33 heavy (non-hydrogen) atoms. The van der Waals surface area contributed by atoms with E-state index in [1.165, 1.54) is 30.3 Å². The van der Waals surface area contributed by atoms with Gasteiger partial charge in [0.15, 0.2) is 11.5 Å². The minimum absolute atomic E-state index is 0.0216. The van der Waals surface area contributed by atoms with Crippen LogP contribution in [0.25, 0.3) is 0 Å². The molecule has 2 fully saturated rings. The molecule has 1 aliphatic carbocycles. The van der Waals surface area contributed by atoms with Crippen LogP contribution in [-0.4, -0.2) is 58.3 Å². The van der Waals surface area contributed by atoms with E-state index in [4.69, 9.17) is 0 Å². The molecule has 2 heterocycles. The van der Waals surface area contributed by atoms with E-state index in [2.05, 4.69) is 27.3 Å². The Kier molecular flexibility index (Phi) is 7.70. The van der Waals surface area contributed by atoms with E-state index in [0.717, 1.165) is 45.2 Å². The summed E-state index contributed by atoms with van der Waals surface area (Å²) in [6.45, 7) is 2.74. The fraction of sp³-hybridized carbons (Fsp3) is 0.500. The highest BCUT2D eigenvalue weighted by molar-refractivity contribution is 5.92. The van der Waals surface area contributed by atoms with Crippen molar-refractivity contribution in [2.24, 2.45) is 0 Å². The van der Waals surface area contributed by atoms with Gasteiger partial charge in [-0.25, -0.2) is 9.37 Å². The highest BCUT2D eigenvalue weighted by Crippen LogP contribution is 2.38. The van der Waals surface area contributed by atoms with Crippen LogP contribution >= 0.6 is 0 Å². The summed E-state index contributed by atoms with van der Waals surface area (Å²) in [6, 6.07) is 13.1. The van der Waals surface area contributed by atoms with Gasteiger partial charge in [0.1, 0.15) is 0 Å². The SMILES string of the molecule is O=C1CC2(CCCCC2)N(Cc2ccccc2)CCCN(C(=O)c2ncccc2F)CCN1. The van der Waals surface area contributed by atoms with E-state index in [0.29, 0.717) is 26.1 Å². The van der Waals surface area contributed by atoms with Crippen LogP contribution in [0.2, 0.25) is 0 Å². The van der Waals surface area contributed by atoms with Crippen molar-refractivity contribution >= 4 is 11.8 Å². The summed E-state index contributed by atoms with van der Waals surface area (Å²) < 4.78 is 14.2. The number of benzene rings is 1. The highest BCUT2D eigenvalue weighted by atomic mass is 19.1. The number of nitrogens with one attached hydrogen (secondary N) is 1. The summed E-state index contributed by atoms with van der Waals surface area (Å²) in [5.74, 6) is -1.02. The first-order valence-electron chi connectivity index (χ1n) is 12.0. The summed E-state index contributed by atoms with van der Waals surface area (Å²) in [4.78, 5) is 34.0. The lowest BCUT2D eigenvalue weighted by molar-refractivity contribution is -0.125. The third-order valence-electron chi connectivity index (χ3n) is 6.97. The van der Waals surface area contributed by atoms with Gasteiger partial charge in [-0.2, -0.15) is 0 Å². The van der Waals surface area contributed by atoms with Crippen LogP contribution in [-0.2, 0) is 11.3 Å². The van der Waals surface area contributed by atoms with Crippen molar-refractivity contribution in [3.05, 3.63) is 65.7 Å². The second-order valence-electron chi connectivity index (χ2n) is 9.20. The molecular formula is C26H33FN4O2. The Morgan fingerprint density at radius 2 is 1.79 bits per heavy atom. The second kappa shape index (κ2) is 10.9. The van der Waals surface area contributed by atoms with E-state index in [1.54, 1.807) is 4.90 Å². The van der Waals surface area contributed by atoms with Crippen LogP contribution in [0.4, 0.5) is 4.39 Å². The fourth-order valence-electron chi connectivity index (χ4n) is 5.25. The van der Waals surface area contributed by atoms with Gasteiger partial charge in [0.2, 0.25) is 5.91 Å². The lowest BCUT2D eigenvalue weighted by Gasteiger charge is -2.46. The maximum Gasteiger partial charge on any atom is 0.275 e. The smallest absolute Gasteiger partial charge is 0.275 e. The Balaban J connectivity index is 1.57. The zero-order valence-corrected chi connectivity index (χ0v) is 19.1. The van der Waals surface area contributed by atoms with Crippen molar-refractivity contribution < 1.29 is 14.0 Å². The monoisotopic (exact) mass is 452 g/mol. The third kappa shape index (κ3) is 5.77. The Bertz CT molecular complexity index is 946. The minimum atomic E-state index is -0.618. The maximum atomic E-state index is 14.2. The molecule has 1 N–H and O–H groups in total. The number of hydrogen-bond acceptors (Lipinski definition) is 4. The zero-order valence-electron chi connectivity index (χ0n) is 19.1. The number of pyridine rings is 1. The normalized spacial score (nSPS) is 20.2. The number of carbonyl (C=O) groups is 2. The molecule has 2 aromatic rings. The lowest BCUT2D eigenvalue weighted by Crippen LogP contribution is -2.52. The Hall–Kier alpha value is -2.80. The number of nitrogens with zero attached hydrogens (tertiary/aromatic N) is 3. The van der Waals surface area contributed by atoms with Crippen molar-refractivity contribution in [3.63, 3.8) is 0 Å². The van der Waals surface area contributed by atoms with Gasteiger partial charge in [0.05, 0.1) is 0 Å². The molecule has 1 saturated heterocycles. The molecule has 2 aliphatic rings. The molecule has 0 atom stereocenters. The van der Waals surface area contributed by atoms with Crippen molar-refractivity contribution in [2.45, 2.75) is 57.0 Å². The molecule has 2 amide bonds. The molecule has 6 nitrogen and oxygen atoms in total. The molecule has 4 rings (SSSR count). The van der Waals surface area contributed by atoms with E-state index in [1.807, 2.05) is 18.2 Å². The number of aromatic nitrogens is 1. The van der Waals surface area contributed by atoms with Crippen LogP contribution < -0.4 is 5.32 Å². The van der Waals surface area contributed by atoms with Gasteiger partial charge in [0, 0.05) is 50.9 Å². The first-order chi connectivity index (χ1) is 16.1. The number of halogens is 1. The summed E-state index contributed by atoms with van der Waals surface area (Å²) in [5.41, 5.74) is 0.898. The van der Waals surface area contributed by atoms with E-state index in [9.17, 15) is 14.0 Å². The van der Waals surface area contributed by atoms with Crippen molar-refractivity contribution in [2.75, 3.05) is 26.2 Å². The molecule has 1 aromatic carbocycles. The average Bonchev–Trinajstić information content (AvgIpc) is 2.85. The fourth-order valence-corrected chi connectivity index (χ4v) is 5.25. The Labute approximate surface area is 195 Å². The first kappa shape index (κ1) is 23.4. The number of amides is 2. The largest absolute Gasteiger partial charge is 0.354 e. The second-order valence-corrected chi connectivity index (χ2v) is 9.20. The summed E-state index contributed by atoms with van der Waals surface area (Å²) >= 11 is 0. The van der Waals surface area contributed by atoms with Crippen LogP contribution in [0.1, 0.15) is 61.0 Å². The predicted molar refractivity (Wildman–Crippen MR) is 125 cm³/mol. The topological polar surface area (TPSA) is 65.5 Å². The lowest BCUT2D eigenvalue weighted by atomic mass is 9.77. The number of rotatable bonds is 3. The molecule has 1 aliphatic heterocycles. The Morgan fingerprint density at radius 1 is 1.00 bits per heavy atom. The quantitative estimate of drug-likeness (QED) is 0.770. The molecule has 176 valence electrons. The van der Waals surface area contributed by atoms with Crippen molar-refractivity contribution in [1.82, 2.24) is 20.1 Å². The van der Waals surface area contributed by atoms with Gasteiger partial charge in [0.25, 0.3) is 5.91 Å². The van der Waals surface area contributed by atoms with Crippen LogP contribution in [0.15, 0.2) is 48.7 Å². The van der Waals surface area contributed by atoms with Crippen LogP contribution in [0, 0.1) is 5.82 Å². The summed E-state index contributed by atoms with van der Waals surface area (Å²) in [7, 11) is 0. The van der Waals surface area contributed by atoms with Gasteiger partial charge < -0.3 is 10.2 Å².